The number of amides is 4. The van der Waals surface area contributed by atoms with Gasteiger partial charge >= 0.3 is 6.03 Å². The van der Waals surface area contributed by atoms with Crippen molar-refractivity contribution in [3.63, 3.8) is 0 Å². The third-order valence-electron chi connectivity index (χ3n) is 3.88. The molecule has 25 heavy (non-hydrogen) atoms. The number of nitrogens with one attached hydrogen (secondary N) is 3. The predicted octanol–water partition coefficient (Wildman–Crippen LogP) is 2.09. The SMILES string of the molecule is CCC(C)NC(=O)C(C)NC(=O)Nc1cccc(CN(C)C(C)=O)c1. The maximum Gasteiger partial charge on any atom is 0.319 e. The molecule has 0 aliphatic heterocycles. The smallest absolute Gasteiger partial charge is 0.319 e. The summed E-state index contributed by atoms with van der Waals surface area (Å²) in [6, 6.07) is 6.20. The van der Waals surface area contributed by atoms with E-state index >= 15 is 0 Å². The summed E-state index contributed by atoms with van der Waals surface area (Å²) in [5.41, 5.74) is 1.50. The summed E-state index contributed by atoms with van der Waals surface area (Å²) >= 11 is 0. The Labute approximate surface area is 149 Å². The lowest BCUT2D eigenvalue weighted by Crippen LogP contribution is -2.48. The second-order valence-electron chi connectivity index (χ2n) is 6.21. The molecular weight excluding hydrogens is 320 g/mol. The summed E-state index contributed by atoms with van der Waals surface area (Å²) in [7, 11) is 1.72. The van der Waals surface area contributed by atoms with E-state index in [9.17, 15) is 14.4 Å². The first-order valence-electron chi connectivity index (χ1n) is 8.41. The van der Waals surface area contributed by atoms with Crippen LogP contribution >= 0.6 is 0 Å². The normalized spacial score (nSPS) is 12.7. The fourth-order valence-corrected chi connectivity index (χ4v) is 2.03. The lowest BCUT2D eigenvalue weighted by atomic mass is 10.2. The summed E-state index contributed by atoms with van der Waals surface area (Å²) in [6.45, 7) is 7.48. The van der Waals surface area contributed by atoms with E-state index in [1.165, 1.54) is 6.92 Å². The Morgan fingerprint density at radius 1 is 1.16 bits per heavy atom. The van der Waals surface area contributed by atoms with Gasteiger partial charge in [0, 0.05) is 32.2 Å². The van der Waals surface area contributed by atoms with Crippen molar-refractivity contribution in [1.29, 1.82) is 0 Å². The number of anilines is 1. The summed E-state index contributed by atoms with van der Waals surface area (Å²) in [5.74, 6) is -0.251. The molecule has 3 N–H and O–H groups in total. The molecule has 1 aromatic rings. The number of nitrogens with zero attached hydrogens (tertiary/aromatic N) is 1. The van der Waals surface area contributed by atoms with Gasteiger partial charge in [-0.2, -0.15) is 0 Å². The molecule has 2 unspecified atom stereocenters. The van der Waals surface area contributed by atoms with Gasteiger partial charge in [0.15, 0.2) is 0 Å². The van der Waals surface area contributed by atoms with E-state index in [-0.39, 0.29) is 17.9 Å². The zero-order valence-electron chi connectivity index (χ0n) is 15.6. The second-order valence-corrected chi connectivity index (χ2v) is 6.21. The molecule has 0 fully saturated rings. The van der Waals surface area contributed by atoms with Gasteiger partial charge < -0.3 is 20.9 Å². The molecule has 0 bridgehead atoms. The topological polar surface area (TPSA) is 90.5 Å². The minimum atomic E-state index is -0.638. The fraction of sp³-hybridized carbons (Fsp3) is 0.500. The van der Waals surface area contributed by atoms with Gasteiger partial charge in [-0.3, -0.25) is 9.59 Å². The molecular formula is C18H28N4O3. The van der Waals surface area contributed by atoms with Crippen molar-refractivity contribution < 1.29 is 14.4 Å². The number of benzene rings is 1. The van der Waals surface area contributed by atoms with Gasteiger partial charge in [-0.1, -0.05) is 19.1 Å². The Morgan fingerprint density at radius 3 is 2.44 bits per heavy atom. The van der Waals surface area contributed by atoms with Crippen LogP contribution in [0.25, 0.3) is 0 Å². The third kappa shape index (κ3) is 7.24. The van der Waals surface area contributed by atoms with Gasteiger partial charge in [-0.25, -0.2) is 4.79 Å². The zero-order valence-corrected chi connectivity index (χ0v) is 15.6. The van der Waals surface area contributed by atoms with Crippen molar-refractivity contribution in [3.8, 4) is 0 Å². The van der Waals surface area contributed by atoms with Gasteiger partial charge in [0.05, 0.1) is 0 Å². The highest BCUT2D eigenvalue weighted by molar-refractivity contribution is 5.93. The largest absolute Gasteiger partial charge is 0.352 e. The number of rotatable bonds is 7. The standard InChI is InChI=1S/C18H28N4O3/c1-6-12(2)19-17(24)13(3)20-18(25)21-16-9-7-8-15(10-16)11-22(5)14(4)23/h7-10,12-13H,6,11H2,1-5H3,(H,19,24)(H2,20,21,25). The van der Waals surface area contributed by atoms with E-state index in [2.05, 4.69) is 16.0 Å². The van der Waals surface area contributed by atoms with Crippen LogP contribution in [0.3, 0.4) is 0 Å². The Hall–Kier alpha value is -2.57. The second kappa shape index (κ2) is 9.66. The molecule has 0 saturated carbocycles. The van der Waals surface area contributed by atoms with E-state index in [0.29, 0.717) is 12.2 Å². The quantitative estimate of drug-likeness (QED) is 0.705. The van der Waals surface area contributed by atoms with Gasteiger partial charge in [0.2, 0.25) is 11.8 Å². The van der Waals surface area contributed by atoms with E-state index < -0.39 is 12.1 Å². The van der Waals surface area contributed by atoms with Gasteiger partial charge in [-0.05, 0) is 38.0 Å². The zero-order chi connectivity index (χ0) is 19.0. The molecule has 0 aliphatic rings. The summed E-state index contributed by atoms with van der Waals surface area (Å²) in [4.78, 5) is 36.9. The Morgan fingerprint density at radius 2 is 1.84 bits per heavy atom. The highest BCUT2D eigenvalue weighted by Gasteiger charge is 2.17. The summed E-state index contributed by atoms with van der Waals surface area (Å²) in [5, 5.41) is 8.13. The van der Waals surface area contributed by atoms with Crippen LogP contribution in [0.1, 0.15) is 39.7 Å². The number of hydrogen-bond acceptors (Lipinski definition) is 3. The fourth-order valence-electron chi connectivity index (χ4n) is 2.03. The molecule has 1 rings (SSSR count). The minimum absolute atomic E-state index is 0.0303. The van der Waals surface area contributed by atoms with Crippen molar-refractivity contribution in [3.05, 3.63) is 29.8 Å². The van der Waals surface area contributed by atoms with Crippen LogP contribution in [0.5, 0.6) is 0 Å². The molecule has 0 aromatic heterocycles. The lowest BCUT2D eigenvalue weighted by Gasteiger charge is -2.18. The van der Waals surface area contributed by atoms with Crippen molar-refractivity contribution >= 4 is 23.5 Å². The summed E-state index contributed by atoms with van der Waals surface area (Å²) in [6.07, 6.45) is 0.826. The molecule has 138 valence electrons. The predicted molar refractivity (Wildman–Crippen MR) is 98.1 cm³/mol. The van der Waals surface area contributed by atoms with E-state index in [1.54, 1.807) is 37.1 Å². The first kappa shape index (κ1) is 20.5. The number of carbonyl (C=O) groups excluding carboxylic acids is 3. The first-order chi connectivity index (χ1) is 11.7. The number of carbonyl (C=O) groups is 3. The highest BCUT2D eigenvalue weighted by Crippen LogP contribution is 2.12. The number of hydrogen-bond donors (Lipinski definition) is 3. The van der Waals surface area contributed by atoms with Crippen LogP contribution in [0, 0.1) is 0 Å². The van der Waals surface area contributed by atoms with Gasteiger partial charge in [0.25, 0.3) is 0 Å². The molecule has 0 radical (unpaired) electrons. The van der Waals surface area contributed by atoms with Crippen molar-refractivity contribution in [1.82, 2.24) is 15.5 Å². The molecule has 0 heterocycles. The van der Waals surface area contributed by atoms with E-state index in [1.807, 2.05) is 19.9 Å². The molecule has 0 saturated heterocycles. The lowest BCUT2D eigenvalue weighted by molar-refractivity contribution is -0.128. The Kier molecular flexibility index (Phi) is 7.91. The minimum Gasteiger partial charge on any atom is -0.352 e. The Bertz CT molecular complexity index is 618. The summed E-state index contributed by atoms with van der Waals surface area (Å²) < 4.78 is 0. The molecule has 2 atom stereocenters. The van der Waals surface area contributed by atoms with Gasteiger partial charge in [-0.15, -0.1) is 0 Å². The van der Waals surface area contributed by atoms with Crippen LogP contribution in [0.4, 0.5) is 10.5 Å². The highest BCUT2D eigenvalue weighted by atomic mass is 16.2. The third-order valence-corrected chi connectivity index (χ3v) is 3.88. The van der Waals surface area contributed by atoms with Gasteiger partial charge in [0.1, 0.15) is 6.04 Å². The van der Waals surface area contributed by atoms with Crippen molar-refractivity contribution in [2.75, 3.05) is 12.4 Å². The van der Waals surface area contributed by atoms with Crippen molar-refractivity contribution in [2.45, 2.75) is 52.7 Å². The molecule has 7 heteroatoms. The molecule has 4 amide bonds. The molecule has 0 spiro atoms. The average molecular weight is 348 g/mol. The molecule has 1 aromatic carbocycles. The van der Waals surface area contributed by atoms with Crippen LogP contribution in [0.2, 0.25) is 0 Å². The average Bonchev–Trinajstić information content (AvgIpc) is 2.54. The molecule has 7 nitrogen and oxygen atoms in total. The monoisotopic (exact) mass is 348 g/mol. The van der Waals surface area contributed by atoms with E-state index in [4.69, 9.17) is 0 Å². The van der Waals surface area contributed by atoms with Crippen LogP contribution in [0.15, 0.2) is 24.3 Å². The Balaban J connectivity index is 2.59. The maximum atomic E-state index is 12.1. The van der Waals surface area contributed by atoms with Crippen molar-refractivity contribution in [2.24, 2.45) is 0 Å². The maximum absolute atomic E-state index is 12.1. The molecule has 0 aliphatic carbocycles. The van der Waals surface area contributed by atoms with Crippen LogP contribution in [-0.4, -0.2) is 41.9 Å². The first-order valence-corrected chi connectivity index (χ1v) is 8.41. The van der Waals surface area contributed by atoms with Crippen LogP contribution in [-0.2, 0) is 16.1 Å². The van der Waals surface area contributed by atoms with Crippen LogP contribution < -0.4 is 16.0 Å². The van der Waals surface area contributed by atoms with E-state index in [0.717, 1.165) is 12.0 Å². The number of urea groups is 1.